The lowest BCUT2D eigenvalue weighted by Gasteiger charge is -2.10. The van der Waals surface area contributed by atoms with Gasteiger partial charge in [0.2, 0.25) is 0 Å². The van der Waals surface area contributed by atoms with Crippen LogP contribution in [0.3, 0.4) is 0 Å². The molecule has 2 N–H and O–H groups in total. The van der Waals surface area contributed by atoms with Crippen LogP contribution in [0.5, 0.6) is 0 Å². The Morgan fingerprint density at radius 3 is 2.20 bits per heavy atom. The maximum atomic E-state index is 9.21. The van der Waals surface area contributed by atoms with E-state index in [-0.39, 0.29) is 6.10 Å². The van der Waals surface area contributed by atoms with E-state index in [4.69, 9.17) is 4.79 Å². The molecule has 0 aromatic carbocycles. The Balaban J connectivity index is 2.27. The lowest BCUT2D eigenvalue weighted by Crippen LogP contribution is -2.12. The first kappa shape index (κ1) is 7.73. The number of carbonyl (C=O) groups excluding carboxylic acids is 1. The smallest absolute Gasteiger partial charge is 0.293 e. The first-order chi connectivity index (χ1) is 4.79. The summed E-state index contributed by atoms with van der Waals surface area (Å²) in [6.45, 7) is 0. The van der Waals surface area contributed by atoms with Gasteiger partial charge in [0, 0.05) is 0 Å². The number of ketones is 1. The molecule has 0 bridgehead atoms. The van der Waals surface area contributed by atoms with Gasteiger partial charge in [-0.3, -0.25) is 4.79 Å². The van der Waals surface area contributed by atoms with Crippen LogP contribution < -0.4 is 0 Å². The zero-order chi connectivity index (χ0) is 7.40. The van der Waals surface area contributed by atoms with Crippen molar-refractivity contribution in [3.8, 4) is 0 Å². The predicted octanol–water partition coefficient (Wildman–Crippen LogP) is 1.25. The lowest BCUT2D eigenvalue weighted by atomic mass is 9.98. The van der Waals surface area contributed by atoms with Crippen LogP contribution in [0.25, 0.3) is 0 Å². The largest absolute Gasteiger partial charge is 0.393 e. The molecular formula is C8H15O2+. The van der Waals surface area contributed by atoms with E-state index in [0.717, 1.165) is 38.5 Å². The molecule has 1 saturated carbocycles. The molecule has 0 amide bonds. The third-order valence-electron chi connectivity index (χ3n) is 2.01. The minimum Gasteiger partial charge on any atom is -0.393 e. The molecule has 0 aliphatic heterocycles. The van der Waals surface area contributed by atoms with Crippen molar-refractivity contribution in [3.63, 3.8) is 0 Å². The van der Waals surface area contributed by atoms with Crippen LogP contribution in [0.2, 0.25) is 0 Å². The Labute approximate surface area is 61.2 Å². The zero-order valence-electron chi connectivity index (χ0n) is 6.21. The van der Waals surface area contributed by atoms with Crippen LogP contribution in [0.15, 0.2) is 0 Å². The summed E-state index contributed by atoms with van der Waals surface area (Å²) in [6, 6.07) is 0. The van der Waals surface area contributed by atoms with Gasteiger partial charge in [-0.25, -0.2) is 0 Å². The summed E-state index contributed by atoms with van der Waals surface area (Å²) in [6.07, 6.45) is 5.04. The predicted molar refractivity (Wildman–Crippen MR) is 40.7 cm³/mol. The molecule has 2 nitrogen and oxygen atoms in total. The van der Waals surface area contributed by atoms with Gasteiger partial charge in [-0.15, -0.1) is 0 Å². The highest BCUT2D eigenvalue weighted by Crippen LogP contribution is 2.14. The summed E-state index contributed by atoms with van der Waals surface area (Å²) in [7, 11) is 0. The second-order valence-corrected chi connectivity index (χ2v) is 3.00. The number of aliphatic hydroxyl groups is 1. The summed E-state index contributed by atoms with van der Waals surface area (Å²) in [5.74, 6) is 0.618. The fourth-order valence-corrected chi connectivity index (χ4v) is 1.35. The fourth-order valence-electron chi connectivity index (χ4n) is 1.35. The first-order valence-corrected chi connectivity index (χ1v) is 4.01. The number of aliphatic hydroxyl groups excluding tert-OH is 1. The van der Waals surface area contributed by atoms with Crippen LogP contribution in [0, 0.1) is 0 Å². The Morgan fingerprint density at radius 2 is 1.70 bits per heavy atom. The molecule has 0 spiro atoms. The standard InChI is InChI=1S/C8H14O2/c9-7-3-1-4-8(10)6-2-5-7/h7,9H,1-6H2/p+1. The molecule has 1 aliphatic rings. The Bertz CT molecular complexity index is 108. The second kappa shape index (κ2) is 3.71. The van der Waals surface area contributed by atoms with E-state index in [1.165, 1.54) is 0 Å². The Kier molecular flexibility index (Phi) is 2.87. The van der Waals surface area contributed by atoms with Crippen LogP contribution in [-0.4, -0.2) is 21.8 Å². The Hall–Kier alpha value is -0.370. The van der Waals surface area contributed by atoms with Crippen LogP contribution in [0.4, 0.5) is 0 Å². The molecule has 0 unspecified atom stereocenters. The second-order valence-electron chi connectivity index (χ2n) is 3.00. The summed E-state index contributed by atoms with van der Waals surface area (Å²) in [5.41, 5.74) is 0. The molecule has 0 atom stereocenters. The molecule has 58 valence electrons. The van der Waals surface area contributed by atoms with E-state index in [1.807, 2.05) is 0 Å². The molecular weight excluding hydrogens is 128 g/mol. The van der Waals surface area contributed by atoms with Crippen LogP contribution in [-0.2, 0) is 0 Å². The minimum absolute atomic E-state index is 0.118. The van der Waals surface area contributed by atoms with Crippen molar-refractivity contribution in [1.82, 2.24) is 0 Å². The van der Waals surface area contributed by atoms with Gasteiger partial charge in [-0.2, -0.15) is 0 Å². The average molecular weight is 143 g/mol. The van der Waals surface area contributed by atoms with Crippen molar-refractivity contribution in [2.45, 2.75) is 44.6 Å². The summed E-state index contributed by atoms with van der Waals surface area (Å²) >= 11 is 0. The van der Waals surface area contributed by atoms with Crippen molar-refractivity contribution in [1.29, 1.82) is 0 Å². The zero-order valence-corrected chi connectivity index (χ0v) is 6.21. The normalized spacial score (nSPS) is 29.3. The van der Waals surface area contributed by atoms with E-state index < -0.39 is 0 Å². The highest BCUT2D eigenvalue weighted by Gasteiger charge is 2.15. The number of hydrogen-bond acceptors (Lipinski definition) is 1. The molecule has 10 heavy (non-hydrogen) atoms. The molecule has 0 aromatic rings. The summed E-state index contributed by atoms with van der Waals surface area (Å²) in [4.78, 5) is 9.14. The lowest BCUT2D eigenvalue weighted by molar-refractivity contribution is 0.148. The SMILES string of the molecule is OC1CCCC(=[OH+])CCC1. The summed E-state index contributed by atoms with van der Waals surface area (Å²) in [5, 5.41) is 9.21. The molecule has 0 radical (unpaired) electrons. The van der Waals surface area contributed by atoms with Crippen LogP contribution >= 0.6 is 0 Å². The quantitative estimate of drug-likeness (QED) is 0.509. The third kappa shape index (κ3) is 2.48. The number of hydrogen-bond donors (Lipinski definition) is 1. The first-order valence-electron chi connectivity index (χ1n) is 4.01. The van der Waals surface area contributed by atoms with Gasteiger partial charge in [0.25, 0.3) is 5.78 Å². The van der Waals surface area contributed by atoms with Gasteiger partial charge in [0.1, 0.15) is 0 Å². The molecule has 2 heteroatoms. The Morgan fingerprint density at radius 1 is 1.20 bits per heavy atom. The highest BCUT2D eigenvalue weighted by atomic mass is 16.3. The average Bonchev–Trinajstić information content (AvgIpc) is 1.84. The molecule has 0 heterocycles. The van der Waals surface area contributed by atoms with Gasteiger partial charge in [0.15, 0.2) is 0 Å². The van der Waals surface area contributed by atoms with Gasteiger partial charge in [-0.1, -0.05) is 0 Å². The van der Waals surface area contributed by atoms with Gasteiger partial charge < -0.3 is 5.11 Å². The maximum Gasteiger partial charge on any atom is 0.293 e. The monoisotopic (exact) mass is 143 g/mol. The van der Waals surface area contributed by atoms with E-state index in [9.17, 15) is 5.11 Å². The van der Waals surface area contributed by atoms with Crippen molar-refractivity contribution in [2.75, 3.05) is 0 Å². The number of rotatable bonds is 0. The topological polar surface area (TPSA) is 41.6 Å². The summed E-state index contributed by atoms with van der Waals surface area (Å²) < 4.78 is 0. The van der Waals surface area contributed by atoms with Crippen molar-refractivity contribution in [3.05, 3.63) is 0 Å². The van der Waals surface area contributed by atoms with Gasteiger partial charge in [0.05, 0.1) is 18.9 Å². The van der Waals surface area contributed by atoms with E-state index in [0.29, 0.717) is 5.78 Å². The van der Waals surface area contributed by atoms with E-state index >= 15 is 0 Å². The van der Waals surface area contributed by atoms with E-state index in [2.05, 4.69) is 0 Å². The molecule has 1 aliphatic carbocycles. The molecule has 0 aromatic heterocycles. The van der Waals surface area contributed by atoms with Gasteiger partial charge in [-0.05, 0) is 25.7 Å². The minimum atomic E-state index is -0.118. The van der Waals surface area contributed by atoms with Crippen molar-refractivity contribution < 1.29 is 9.90 Å². The van der Waals surface area contributed by atoms with Gasteiger partial charge >= 0.3 is 0 Å². The molecule has 0 saturated heterocycles. The van der Waals surface area contributed by atoms with Crippen LogP contribution in [0.1, 0.15) is 38.5 Å². The third-order valence-corrected chi connectivity index (χ3v) is 2.01. The van der Waals surface area contributed by atoms with Crippen molar-refractivity contribution in [2.24, 2.45) is 0 Å². The van der Waals surface area contributed by atoms with E-state index in [1.54, 1.807) is 0 Å². The molecule has 1 fully saturated rings. The van der Waals surface area contributed by atoms with Crippen molar-refractivity contribution >= 4 is 5.78 Å². The highest BCUT2D eigenvalue weighted by molar-refractivity contribution is 5.79. The molecule has 1 rings (SSSR count). The maximum absolute atomic E-state index is 9.21. The fraction of sp³-hybridized carbons (Fsp3) is 0.875.